The second kappa shape index (κ2) is 5.46. The molecule has 0 bridgehead atoms. The first-order valence-corrected chi connectivity index (χ1v) is 9.03. The molecule has 2 aromatic heterocycles. The van der Waals surface area contributed by atoms with Crippen LogP contribution in [-0.2, 0) is 6.42 Å². The third-order valence-electron chi connectivity index (χ3n) is 4.66. The molecule has 0 spiro atoms. The van der Waals surface area contributed by atoms with Crippen LogP contribution in [0.2, 0.25) is 0 Å². The standard InChI is InChI=1S/C21H16N2S/c1-2-7-20-17(4-1)18-6-3-5-16(21(18)24-20)14-8-10-15(11-9-14)19-12-13-22-23-19/h1,3-6,8-13H,2,7H2,(H,22,23). The molecule has 0 unspecified atom stereocenters. The summed E-state index contributed by atoms with van der Waals surface area (Å²) in [6, 6.07) is 17.4. The topological polar surface area (TPSA) is 28.7 Å². The maximum Gasteiger partial charge on any atom is 0.0650 e. The Hall–Kier alpha value is -2.65. The van der Waals surface area contributed by atoms with E-state index in [1.165, 1.54) is 38.1 Å². The number of benzene rings is 2. The van der Waals surface area contributed by atoms with Gasteiger partial charge in [0.1, 0.15) is 0 Å². The maximum atomic E-state index is 4.03. The van der Waals surface area contributed by atoms with Gasteiger partial charge < -0.3 is 0 Å². The first kappa shape index (κ1) is 13.8. The fraction of sp³-hybridized carbons (Fsp3) is 0.0952. The molecule has 0 saturated carbocycles. The van der Waals surface area contributed by atoms with Gasteiger partial charge in [-0.25, -0.2) is 0 Å². The van der Waals surface area contributed by atoms with E-state index in [1.807, 2.05) is 17.4 Å². The number of aromatic nitrogens is 2. The first-order chi connectivity index (χ1) is 11.9. The third kappa shape index (κ3) is 2.13. The minimum Gasteiger partial charge on any atom is -0.278 e. The van der Waals surface area contributed by atoms with Gasteiger partial charge in [-0.15, -0.1) is 11.3 Å². The van der Waals surface area contributed by atoms with Crippen molar-refractivity contribution in [3.8, 4) is 22.4 Å². The summed E-state index contributed by atoms with van der Waals surface area (Å²) in [5.41, 5.74) is 6.24. The highest BCUT2D eigenvalue weighted by molar-refractivity contribution is 7.20. The number of H-pyrrole nitrogens is 1. The first-order valence-electron chi connectivity index (χ1n) is 8.21. The van der Waals surface area contributed by atoms with Gasteiger partial charge >= 0.3 is 0 Å². The quantitative estimate of drug-likeness (QED) is 0.486. The minimum atomic E-state index is 1.05. The molecule has 0 aliphatic heterocycles. The molecule has 3 heteroatoms. The molecular weight excluding hydrogens is 312 g/mol. The Bertz CT molecular complexity index is 1040. The van der Waals surface area contributed by atoms with Gasteiger partial charge in [0.05, 0.1) is 5.69 Å². The zero-order valence-corrected chi connectivity index (χ0v) is 13.9. The van der Waals surface area contributed by atoms with Crippen molar-refractivity contribution in [1.29, 1.82) is 0 Å². The zero-order valence-electron chi connectivity index (χ0n) is 13.1. The third-order valence-corrected chi connectivity index (χ3v) is 5.98. The summed E-state index contributed by atoms with van der Waals surface area (Å²) in [5, 5.41) is 8.44. The molecule has 2 heterocycles. The number of thiophene rings is 1. The molecule has 1 aliphatic carbocycles. The van der Waals surface area contributed by atoms with Crippen LogP contribution in [0.1, 0.15) is 16.9 Å². The average molecular weight is 328 g/mol. The van der Waals surface area contributed by atoms with Crippen molar-refractivity contribution in [3.63, 3.8) is 0 Å². The fourth-order valence-corrected chi connectivity index (χ4v) is 4.78. The van der Waals surface area contributed by atoms with Crippen LogP contribution in [0.25, 0.3) is 38.5 Å². The van der Waals surface area contributed by atoms with Crippen LogP contribution in [-0.4, -0.2) is 10.2 Å². The molecule has 0 radical (unpaired) electrons. The van der Waals surface area contributed by atoms with Gasteiger partial charge in [0.15, 0.2) is 0 Å². The predicted octanol–water partition coefficient (Wildman–Crippen LogP) is 5.92. The molecule has 24 heavy (non-hydrogen) atoms. The number of aromatic amines is 1. The van der Waals surface area contributed by atoms with Crippen molar-refractivity contribution in [1.82, 2.24) is 10.2 Å². The number of nitrogens with one attached hydrogen (secondary N) is 1. The molecule has 5 rings (SSSR count). The molecule has 4 aromatic rings. The van der Waals surface area contributed by atoms with Crippen molar-refractivity contribution in [3.05, 3.63) is 71.2 Å². The van der Waals surface area contributed by atoms with Gasteiger partial charge in [0, 0.05) is 21.2 Å². The summed E-state index contributed by atoms with van der Waals surface area (Å²) in [6.07, 6.45) is 8.70. The Morgan fingerprint density at radius 1 is 0.958 bits per heavy atom. The van der Waals surface area contributed by atoms with Crippen LogP contribution < -0.4 is 0 Å². The summed E-state index contributed by atoms with van der Waals surface area (Å²) in [7, 11) is 0. The number of nitrogens with zero attached hydrogens (tertiary/aromatic N) is 1. The molecule has 2 aromatic carbocycles. The van der Waals surface area contributed by atoms with Crippen LogP contribution in [0.4, 0.5) is 0 Å². The highest BCUT2D eigenvalue weighted by Crippen LogP contribution is 2.41. The van der Waals surface area contributed by atoms with E-state index in [1.54, 1.807) is 6.20 Å². The smallest absolute Gasteiger partial charge is 0.0650 e. The highest BCUT2D eigenvalue weighted by Gasteiger charge is 2.15. The molecule has 0 saturated heterocycles. The molecule has 0 fully saturated rings. The Morgan fingerprint density at radius 3 is 2.67 bits per heavy atom. The zero-order chi connectivity index (χ0) is 15.9. The summed E-state index contributed by atoms with van der Waals surface area (Å²) >= 11 is 1.96. The SMILES string of the molecule is C1=Cc2c(sc3c(-c4ccc(-c5ccn[nH]5)cc4)cccc23)CC1. The lowest BCUT2D eigenvalue weighted by Gasteiger charge is -2.05. The second-order valence-electron chi connectivity index (χ2n) is 6.11. The second-order valence-corrected chi connectivity index (χ2v) is 7.22. The van der Waals surface area contributed by atoms with Gasteiger partial charge in [-0.2, -0.15) is 5.10 Å². The van der Waals surface area contributed by atoms with Crippen LogP contribution >= 0.6 is 11.3 Å². The highest BCUT2D eigenvalue weighted by atomic mass is 32.1. The lowest BCUT2D eigenvalue weighted by Crippen LogP contribution is -1.86. The molecule has 0 atom stereocenters. The van der Waals surface area contributed by atoms with Crippen molar-refractivity contribution >= 4 is 27.5 Å². The van der Waals surface area contributed by atoms with E-state index in [9.17, 15) is 0 Å². The van der Waals surface area contributed by atoms with Crippen molar-refractivity contribution < 1.29 is 0 Å². The Morgan fingerprint density at radius 2 is 1.83 bits per heavy atom. The average Bonchev–Trinajstić information content (AvgIpc) is 3.29. The van der Waals surface area contributed by atoms with Crippen LogP contribution in [0, 0.1) is 0 Å². The van der Waals surface area contributed by atoms with E-state index < -0.39 is 0 Å². The van der Waals surface area contributed by atoms with E-state index in [2.05, 4.69) is 64.8 Å². The van der Waals surface area contributed by atoms with E-state index in [0.29, 0.717) is 0 Å². The monoisotopic (exact) mass is 328 g/mol. The number of fused-ring (bicyclic) bond motifs is 3. The Labute approximate surface area is 144 Å². The van der Waals surface area contributed by atoms with E-state index in [-0.39, 0.29) is 0 Å². The lowest BCUT2D eigenvalue weighted by molar-refractivity contribution is 1.02. The van der Waals surface area contributed by atoms with Crippen LogP contribution in [0.15, 0.2) is 60.8 Å². The van der Waals surface area contributed by atoms with Crippen LogP contribution in [0.5, 0.6) is 0 Å². The van der Waals surface area contributed by atoms with Crippen molar-refractivity contribution in [2.24, 2.45) is 0 Å². The largest absolute Gasteiger partial charge is 0.278 e. The normalized spacial score (nSPS) is 13.3. The molecule has 116 valence electrons. The molecule has 1 aliphatic rings. The predicted molar refractivity (Wildman–Crippen MR) is 102 cm³/mol. The number of hydrogen-bond acceptors (Lipinski definition) is 2. The fourth-order valence-electron chi connectivity index (χ4n) is 3.44. The van der Waals surface area contributed by atoms with Gasteiger partial charge in [0.25, 0.3) is 0 Å². The summed E-state index contributed by atoms with van der Waals surface area (Å²) < 4.78 is 1.41. The van der Waals surface area contributed by atoms with Crippen LogP contribution in [0.3, 0.4) is 0 Å². The summed E-state index contributed by atoms with van der Waals surface area (Å²) in [4.78, 5) is 1.52. The van der Waals surface area contributed by atoms with E-state index in [0.717, 1.165) is 17.7 Å². The number of hydrogen-bond donors (Lipinski definition) is 1. The van der Waals surface area contributed by atoms with E-state index in [4.69, 9.17) is 0 Å². The lowest BCUT2D eigenvalue weighted by atomic mass is 9.98. The van der Waals surface area contributed by atoms with Gasteiger partial charge in [-0.05, 0) is 41.2 Å². The van der Waals surface area contributed by atoms with Gasteiger partial charge in [-0.1, -0.05) is 54.6 Å². The van der Waals surface area contributed by atoms with E-state index >= 15 is 0 Å². The van der Waals surface area contributed by atoms with Gasteiger partial charge in [0.2, 0.25) is 0 Å². The molecule has 2 nitrogen and oxygen atoms in total. The molecule has 0 amide bonds. The summed E-state index contributed by atoms with van der Waals surface area (Å²) in [6.45, 7) is 0. The minimum absolute atomic E-state index is 1.05. The maximum absolute atomic E-state index is 4.03. The Kier molecular flexibility index (Phi) is 3.13. The van der Waals surface area contributed by atoms with Gasteiger partial charge in [-0.3, -0.25) is 5.10 Å². The molecule has 1 N–H and O–H groups in total. The number of aryl methyl sites for hydroxylation is 1. The Balaban J connectivity index is 1.64. The van der Waals surface area contributed by atoms with Crippen molar-refractivity contribution in [2.45, 2.75) is 12.8 Å². The number of rotatable bonds is 2. The van der Waals surface area contributed by atoms with Crippen molar-refractivity contribution in [2.75, 3.05) is 0 Å². The number of allylic oxidation sites excluding steroid dienone is 1. The summed E-state index contributed by atoms with van der Waals surface area (Å²) in [5.74, 6) is 0. The molecular formula is C21H16N2S.